The van der Waals surface area contributed by atoms with Crippen LogP contribution in [0.2, 0.25) is 0 Å². The van der Waals surface area contributed by atoms with Crippen molar-refractivity contribution in [2.24, 2.45) is 0 Å². The molecule has 0 spiro atoms. The lowest BCUT2D eigenvalue weighted by Crippen LogP contribution is -2.51. The van der Waals surface area contributed by atoms with Crippen LogP contribution in [0.15, 0.2) is 48.5 Å². The van der Waals surface area contributed by atoms with Gasteiger partial charge in [0.1, 0.15) is 0 Å². The predicted octanol–water partition coefficient (Wildman–Crippen LogP) is 3.67. The first kappa shape index (κ1) is 16.7. The van der Waals surface area contributed by atoms with E-state index in [1.165, 1.54) is 56.7 Å². The van der Waals surface area contributed by atoms with Gasteiger partial charge in [0.25, 0.3) is 0 Å². The van der Waals surface area contributed by atoms with Crippen molar-refractivity contribution < 1.29 is 0 Å². The first-order chi connectivity index (χ1) is 12.2. The van der Waals surface area contributed by atoms with Crippen LogP contribution in [-0.4, -0.2) is 46.5 Å². The maximum absolute atomic E-state index is 4.68. The van der Waals surface area contributed by atoms with Gasteiger partial charge in [-0.15, -0.1) is 0 Å². The molecule has 4 rings (SSSR count). The third-order valence-corrected chi connectivity index (χ3v) is 5.91. The van der Waals surface area contributed by atoms with E-state index in [0.29, 0.717) is 5.54 Å². The fourth-order valence-electron chi connectivity index (χ4n) is 4.19. The van der Waals surface area contributed by atoms with Crippen molar-refractivity contribution in [3.05, 3.63) is 65.5 Å². The molecule has 2 fully saturated rings. The lowest BCUT2D eigenvalue weighted by Gasteiger charge is -2.40. The Balaban J connectivity index is 1.28. The third-order valence-electron chi connectivity index (χ3n) is 5.91. The number of hydrogen-bond acceptors (Lipinski definition) is 3. The third kappa shape index (κ3) is 4.10. The molecule has 0 N–H and O–H groups in total. The lowest BCUT2D eigenvalue weighted by atomic mass is 10.0. The molecule has 2 aliphatic rings. The molecular formula is C22H29N3. The Hall–Kier alpha value is -1.71. The molecule has 0 atom stereocenters. The molecule has 1 aliphatic heterocycles. The zero-order chi connectivity index (χ0) is 17.1. The van der Waals surface area contributed by atoms with Crippen LogP contribution in [0.4, 0.5) is 0 Å². The van der Waals surface area contributed by atoms with Gasteiger partial charge in [-0.05, 0) is 50.3 Å². The zero-order valence-electron chi connectivity index (χ0n) is 15.3. The average Bonchev–Trinajstić information content (AvgIpc) is 3.43. The van der Waals surface area contributed by atoms with Gasteiger partial charge in [-0.25, -0.2) is 0 Å². The van der Waals surface area contributed by atoms with Gasteiger partial charge in [-0.2, -0.15) is 0 Å². The Labute approximate surface area is 151 Å². The quantitative estimate of drug-likeness (QED) is 0.803. The number of hydrogen-bond donors (Lipinski definition) is 0. The van der Waals surface area contributed by atoms with Gasteiger partial charge in [-0.3, -0.25) is 14.8 Å². The summed E-state index contributed by atoms with van der Waals surface area (Å²) in [4.78, 5) is 10.1. The SMILES string of the molecule is Cc1cccc(CCC2(N3CCN(Cc4ccccc4)CC3)CC2)n1. The molecule has 3 nitrogen and oxygen atoms in total. The van der Waals surface area contributed by atoms with E-state index in [2.05, 4.69) is 70.2 Å². The Morgan fingerprint density at radius 1 is 0.920 bits per heavy atom. The Bertz CT molecular complexity index is 685. The summed E-state index contributed by atoms with van der Waals surface area (Å²) in [7, 11) is 0. The highest BCUT2D eigenvalue weighted by molar-refractivity contribution is 5.15. The Kier molecular flexibility index (Phi) is 4.87. The molecule has 1 saturated heterocycles. The molecule has 2 aromatic rings. The van der Waals surface area contributed by atoms with E-state index in [-0.39, 0.29) is 0 Å². The molecule has 0 amide bonds. The summed E-state index contributed by atoms with van der Waals surface area (Å²) in [6, 6.07) is 17.3. The second-order valence-corrected chi connectivity index (χ2v) is 7.74. The van der Waals surface area contributed by atoms with Gasteiger partial charge in [-0.1, -0.05) is 36.4 Å². The molecular weight excluding hydrogens is 306 g/mol. The maximum atomic E-state index is 4.68. The number of pyridine rings is 1. The number of aromatic nitrogens is 1. The summed E-state index contributed by atoms with van der Waals surface area (Å²) in [6.07, 6.45) is 5.13. The summed E-state index contributed by atoms with van der Waals surface area (Å²) in [6.45, 7) is 8.00. The smallest absolute Gasteiger partial charge is 0.0407 e. The topological polar surface area (TPSA) is 19.4 Å². The summed E-state index contributed by atoms with van der Waals surface area (Å²) in [5, 5.41) is 0. The minimum Gasteiger partial charge on any atom is -0.297 e. The summed E-state index contributed by atoms with van der Waals surface area (Å²) < 4.78 is 0. The minimum atomic E-state index is 0.476. The number of rotatable bonds is 6. The molecule has 132 valence electrons. The van der Waals surface area contributed by atoms with Crippen LogP contribution in [0.25, 0.3) is 0 Å². The largest absolute Gasteiger partial charge is 0.297 e. The van der Waals surface area contributed by atoms with Gasteiger partial charge in [0.2, 0.25) is 0 Å². The van der Waals surface area contributed by atoms with Crippen LogP contribution in [0.3, 0.4) is 0 Å². The second-order valence-electron chi connectivity index (χ2n) is 7.74. The predicted molar refractivity (Wildman–Crippen MR) is 103 cm³/mol. The van der Waals surface area contributed by atoms with Crippen molar-refractivity contribution in [1.82, 2.24) is 14.8 Å². The number of aryl methyl sites for hydroxylation is 2. The molecule has 1 aliphatic carbocycles. The standard InChI is InChI=1S/C22H29N3/c1-19-6-5-9-21(23-19)10-11-22(12-13-22)25-16-14-24(15-17-25)18-20-7-3-2-4-8-20/h2-9H,10-18H2,1H3. The Morgan fingerprint density at radius 2 is 1.68 bits per heavy atom. The molecule has 1 saturated carbocycles. The van der Waals surface area contributed by atoms with Crippen molar-refractivity contribution in [2.45, 2.75) is 44.7 Å². The molecule has 0 unspecified atom stereocenters. The van der Waals surface area contributed by atoms with Crippen molar-refractivity contribution >= 4 is 0 Å². The monoisotopic (exact) mass is 335 g/mol. The molecule has 1 aromatic heterocycles. The van der Waals surface area contributed by atoms with Crippen molar-refractivity contribution in [3.8, 4) is 0 Å². The van der Waals surface area contributed by atoms with E-state index in [4.69, 9.17) is 0 Å². The van der Waals surface area contributed by atoms with Crippen LogP contribution in [0.5, 0.6) is 0 Å². The minimum absolute atomic E-state index is 0.476. The second kappa shape index (κ2) is 7.27. The molecule has 0 radical (unpaired) electrons. The summed E-state index contributed by atoms with van der Waals surface area (Å²) in [5.74, 6) is 0. The van der Waals surface area contributed by atoms with E-state index >= 15 is 0 Å². The highest BCUT2D eigenvalue weighted by Gasteiger charge is 2.47. The zero-order valence-corrected chi connectivity index (χ0v) is 15.3. The maximum Gasteiger partial charge on any atom is 0.0407 e. The van der Waals surface area contributed by atoms with E-state index < -0.39 is 0 Å². The highest BCUT2D eigenvalue weighted by atomic mass is 15.3. The number of nitrogens with zero attached hydrogens (tertiary/aromatic N) is 3. The van der Waals surface area contributed by atoms with Crippen LogP contribution in [0.1, 0.15) is 36.2 Å². The van der Waals surface area contributed by atoms with Gasteiger partial charge in [0.05, 0.1) is 0 Å². The fraction of sp³-hybridized carbons (Fsp3) is 0.500. The molecule has 2 heterocycles. The first-order valence-electron chi connectivity index (χ1n) is 9.67. The Morgan fingerprint density at radius 3 is 2.36 bits per heavy atom. The number of piperazine rings is 1. The van der Waals surface area contributed by atoms with Gasteiger partial charge in [0, 0.05) is 49.7 Å². The summed E-state index contributed by atoms with van der Waals surface area (Å²) in [5.41, 5.74) is 4.30. The normalized spacial score (nSPS) is 20.5. The van der Waals surface area contributed by atoms with Crippen LogP contribution in [-0.2, 0) is 13.0 Å². The van der Waals surface area contributed by atoms with E-state index in [9.17, 15) is 0 Å². The van der Waals surface area contributed by atoms with Crippen LogP contribution >= 0.6 is 0 Å². The van der Waals surface area contributed by atoms with Gasteiger partial charge < -0.3 is 0 Å². The van der Waals surface area contributed by atoms with E-state index in [1.54, 1.807) is 0 Å². The fourth-order valence-corrected chi connectivity index (χ4v) is 4.19. The summed E-state index contributed by atoms with van der Waals surface area (Å²) >= 11 is 0. The van der Waals surface area contributed by atoms with Gasteiger partial charge >= 0.3 is 0 Å². The van der Waals surface area contributed by atoms with Crippen LogP contribution in [0, 0.1) is 6.92 Å². The van der Waals surface area contributed by atoms with Crippen molar-refractivity contribution in [2.75, 3.05) is 26.2 Å². The molecule has 3 heteroatoms. The van der Waals surface area contributed by atoms with E-state index in [1.807, 2.05) is 0 Å². The van der Waals surface area contributed by atoms with Crippen molar-refractivity contribution in [3.63, 3.8) is 0 Å². The van der Waals surface area contributed by atoms with Crippen LogP contribution < -0.4 is 0 Å². The van der Waals surface area contributed by atoms with Gasteiger partial charge in [0.15, 0.2) is 0 Å². The molecule has 0 bridgehead atoms. The lowest BCUT2D eigenvalue weighted by molar-refractivity contribution is 0.0767. The van der Waals surface area contributed by atoms with E-state index in [0.717, 1.165) is 18.7 Å². The molecule has 1 aromatic carbocycles. The average molecular weight is 335 g/mol. The van der Waals surface area contributed by atoms with Crippen molar-refractivity contribution in [1.29, 1.82) is 0 Å². The first-order valence-corrected chi connectivity index (χ1v) is 9.67. The molecule has 25 heavy (non-hydrogen) atoms. The highest BCUT2D eigenvalue weighted by Crippen LogP contribution is 2.45. The number of benzene rings is 1.